The standard InChI is InChI=1S/C26H26N4O5S/c1-32-19-11-9-18(10-12-19)30-24(16-35-20-7-5-4-6-8-20)28-29-26(30)36-17-25(31)27-22-14-13-21(33-2)15-23(22)34-3/h4-15H,16-17H2,1-3H3,(H,27,31). The van der Waals surface area contributed by atoms with Crippen molar-refractivity contribution in [1.29, 1.82) is 0 Å². The average Bonchev–Trinajstić information content (AvgIpc) is 3.34. The van der Waals surface area contributed by atoms with E-state index in [0.717, 1.165) is 17.2 Å². The maximum absolute atomic E-state index is 12.7. The Morgan fingerprint density at radius 1 is 0.861 bits per heavy atom. The summed E-state index contributed by atoms with van der Waals surface area (Å²) in [5, 5.41) is 12.1. The number of methoxy groups -OCH3 is 3. The van der Waals surface area contributed by atoms with Crippen molar-refractivity contribution in [2.45, 2.75) is 11.8 Å². The predicted molar refractivity (Wildman–Crippen MR) is 138 cm³/mol. The molecule has 0 spiro atoms. The number of carbonyl (C=O) groups is 1. The van der Waals surface area contributed by atoms with Crippen LogP contribution in [0.2, 0.25) is 0 Å². The molecule has 1 amide bonds. The zero-order valence-corrected chi connectivity index (χ0v) is 21.0. The Balaban J connectivity index is 1.51. The highest BCUT2D eigenvalue weighted by atomic mass is 32.2. The Labute approximate surface area is 213 Å². The molecule has 3 aromatic carbocycles. The van der Waals surface area contributed by atoms with Gasteiger partial charge in [0, 0.05) is 11.8 Å². The van der Waals surface area contributed by atoms with Crippen molar-refractivity contribution in [3.63, 3.8) is 0 Å². The van der Waals surface area contributed by atoms with E-state index < -0.39 is 0 Å². The number of thioether (sulfide) groups is 1. The van der Waals surface area contributed by atoms with Crippen molar-refractivity contribution >= 4 is 23.4 Å². The molecule has 0 saturated heterocycles. The summed E-state index contributed by atoms with van der Waals surface area (Å²) < 4.78 is 23.6. The van der Waals surface area contributed by atoms with E-state index in [2.05, 4.69) is 15.5 Å². The molecule has 4 rings (SSSR count). The van der Waals surface area contributed by atoms with Gasteiger partial charge in [-0.3, -0.25) is 9.36 Å². The smallest absolute Gasteiger partial charge is 0.234 e. The number of rotatable bonds is 11. The molecule has 1 heterocycles. The third-order valence-corrected chi connectivity index (χ3v) is 6.09. The number of nitrogens with one attached hydrogen (secondary N) is 1. The van der Waals surface area contributed by atoms with Crippen molar-refractivity contribution in [2.24, 2.45) is 0 Å². The van der Waals surface area contributed by atoms with Crippen LogP contribution in [0.25, 0.3) is 5.69 Å². The summed E-state index contributed by atoms with van der Waals surface area (Å²) in [6.45, 7) is 0.207. The van der Waals surface area contributed by atoms with E-state index >= 15 is 0 Å². The Morgan fingerprint density at radius 3 is 2.28 bits per heavy atom. The third-order valence-electron chi connectivity index (χ3n) is 5.16. The molecule has 0 aliphatic heterocycles. The van der Waals surface area contributed by atoms with E-state index in [9.17, 15) is 4.79 Å². The fraction of sp³-hybridized carbons (Fsp3) is 0.192. The minimum absolute atomic E-state index is 0.114. The molecule has 186 valence electrons. The van der Waals surface area contributed by atoms with E-state index in [-0.39, 0.29) is 18.3 Å². The topological polar surface area (TPSA) is 96.7 Å². The zero-order chi connectivity index (χ0) is 25.3. The number of benzene rings is 3. The van der Waals surface area contributed by atoms with E-state index in [1.807, 2.05) is 59.2 Å². The van der Waals surface area contributed by atoms with Gasteiger partial charge in [0.15, 0.2) is 11.0 Å². The number of anilines is 1. The molecular formula is C26H26N4O5S. The van der Waals surface area contributed by atoms with Crippen molar-refractivity contribution in [3.05, 3.63) is 78.6 Å². The van der Waals surface area contributed by atoms with E-state index in [0.29, 0.717) is 28.2 Å². The number of ether oxygens (including phenoxy) is 4. The lowest BCUT2D eigenvalue weighted by Crippen LogP contribution is -2.15. The van der Waals surface area contributed by atoms with Crippen LogP contribution in [0.1, 0.15) is 5.82 Å². The first-order valence-electron chi connectivity index (χ1n) is 11.0. The summed E-state index contributed by atoms with van der Waals surface area (Å²) in [6.07, 6.45) is 0. The molecule has 0 atom stereocenters. The quantitative estimate of drug-likeness (QED) is 0.295. The molecular weight excluding hydrogens is 480 g/mol. The monoisotopic (exact) mass is 506 g/mol. The molecule has 36 heavy (non-hydrogen) atoms. The minimum atomic E-state index is -0.213. The Hall–Kier alpha value is -4.18. The molecule has 0 saturated carbocycles. The fourth-order valence-electron chi connectivity index (χ4n) is 3.36. The minimum Gasteiger partial charge on any atom is -0.497 e. The summed E-state index contributed by atoms with van der Waals surface area (Å²) in [4.78, 5) is 12.7. The first kappa shape index (κ1) is 24.9. The summed E-state index contributed by atoms with van der Waals surface area (Å²) in [5.41, 5.74) is 1.38. The van der Waals surface area contributed by atoms with Gasteiger partial charge in [0.1, 0.15) is 29.6 Å². The van der Waals surface area contributed by atoms with Crippen LogP contribution in [0.4, 0.5) is 5.69 Å². The van der Waals surface area contributed by atoms with Gasteiger partial charge < -0.3 is 24.3 Å². The number of amides is 1. The average molecular weight is 507 g/mol. The third kappa shape index (κ3) is 6.08. The number of hydrogen-bond donors (Lipinski definition) is 1. The van der Waals surface area contributed by atoms with Gasteiger partial charge in [-0.15, -0.1) is 10.2 Å². The van der Waals surface area contributed by atoms with Crippen LogP contribution in [0.5, 0.6) is 23.0 Å². The highest BCUT2D eigenvalue weighted by Crippen LogP contribution is 2.30. The zero-order valence-electron chi connectivity index (χ0n) is 20.1. The SMILES string of the molecule is COc1ccc(-n2c(COc3ccccc3)nnc2SCC(=O)Nc2ccc(OC)cc2OC)cc1. The number of aromatic nitrogens is 3. The normalized spacial score (nSPS) is 10.5. The Kier molecular flexibility index (Phi) is 8.30. The van der Waals surface area contributed by atoms with Crippen molar-refractivity contribution in [2.75, 3.05) is 32.4 Å². The van der Waals surface area contributed by atoms with Gasteiger partial charge in [0.2, 0.25) is 5.91 Å². The second kappa shape index (κ2) is 12.0. The summed E-state index contributed by atoms with van der Waals surface area (Å²) in [6, 6.07) is 22.2. The van der Waals surface area contributed by atoms with Crippen LogP contribution in [-0.4, -0.2) is 47.8 Å². The van der Waals surface area contributed by atoms with Crippen molar-refractivity contribution in [1.82, 2.24) is 14.8 Å². The van der Waals surface area contributed by atoms with Crippen LogP contribution in [-0.2, 0) is 11.4 Å². The van der Waals surface area contributed by atoms with Gasteiger partial charge in [-0.05, 0) is 48.5 Å². The molecule has 1 N–H and O–H groups in total. The van der Waals surface area contributed by atoms with Crippen molar-refractivity contribution < 1.29 is 23.7 Å². The van der Waals surface area contributed by atoms with E-state index in [4.69, 9.17) is 18.9 Å². The molecule has 0 aliphatic carbocycles. The van der Waals surface area contributed by atoms with E-state index in [1.165, 1.54) is 18.9 Å². The van der Waals surface area contributed by atoms with Crippen LogP contribution >= 0.6 is 11.8 Å². The van der Waals surface area contributed by atoms with Crippen LogP contribution < -0.4 is 24.3 Å². The first-order chi connectivity index (χ1) is 17.6. The van der Waals surface area contributed by atoms with Gasteiger partial charge in [0.25, 0.3) is 0 Å². The maximum atomic E-state index is 12.7. The molecule has 0 unspecified atom stereocenters. The Morgan fingerprint density at radius 2 is 1.58 bits per heavy atom. The van der Waals surface area contributed by atoms with Gasteiger partial charge in [-0.2, -0.15) is 0 Å². The fourth-order valence-corrected chi connectivity index (χ4v) is 4.13. The molecule has 1 aromatic heterocycles. The van der Waals surface area contributed by atoms with Gasteiger partial charge in [0.05, 0.1) is 32.8 Å². The van der Waals surface area contributed by atoms with Crippen molar-refractivity contribution in [3.8, 4) is 28.7 Å². The van der Waals surface area contributed by atoms with Crippen LogP contribution in [0, 0.1) is 0 Å². The Bertz CT molecular complexity index is 1300. The summed E-state index contributed by atoms with van der Waals surface area (Å²) >= 11 is 1.27. The molecule has 4 aromatic rings. The predicted octanol–water partition coefficient (Wildman–Crippen LogP) is 4.60. The highest BCUT2D eigenvalue weighted by Gasteiger charge is 2.17. The molecule has 10 heteroatoms. The number of para-hydroxylation sites is 1. The van der Waals surface area contributed by atoms with Gasteiger partial charge in [-0.1, -0.05) is 30.0 Å². The van der Waals surface area contributed by atoms with Crippen LogP contribution in [0.15, 0.2) is 78.0 Å². The lowest BCUT2D eigenvalue weighted by molar-refractivity contribution is -0.113. The first-order valence-corrected chi connectivity index (χ1v) is 12.0. The van der Waals surface area contributed by atoms with E-state index in [1.54, 1.807) is 32.4 Å². The molecule has 0 bridgehead atoms. The molecule has 0 radical (unpaired) electrons. The number of carbonyl (C=O) groups excluding carboxylic acids is 1. The molecule has 0 aliphatic rings. The summed E-state index contributed by atoms with van der Waals surface area (Å²) in [5.74, 6) is 3.10. The number of hydrogen-bond acceptors (Lipinski definition) is 8. The largest absolute Gasteiger partial charge is 0.497 e. The van der Waals surface area contributed by atoms with Gasteiger partial charge in [-0.25, -0.2) is 0 Å². The maximum Gasteiger partial charge on any atom is 0.234 e. The van der Waals surface area contributed by atoms with Crippen LogP contribution in [0.3, 0.4) is 0 Å². The lowest BCUT2D eigenvalue weighted by atomic mass is 10.2. The second-order valence-corrected chi connectivity index (χ2v) is 8.38. The number of nitrogens with zero attached hydrogens (tertiary/aromatic N) is 3. The van der Waals surface area contributed by atoms with Gasteiger partial charge >= 0.3 is 0 Å². The highest BCUT2D eigenvalue weighted by molar-refractivity contribution is 7.99. The summed E-state index contributed by atoms with van der Waals surface area (Å²) in [7, 11) is 4.72. The molecule has 9 nitrogen and oxygen atoms in total. The lowest BCUT2D eigenvalue weighted by Gasteiger charge is -2.13. The second-order valence-electron chi connectivity index (χ2n) is 7.44. The molecule has 0 fully saturated rings.